The number of carbonyl (C=O) groups is 3. The van der Waals surface area contributed by atoms with Crippen molar-refractivity contribution in [2.75, 3.05) is 26.7 Å². The molecule has 222 valence electrons. The second kappa shape index (κ2) is 11.2. The van der Waals surface area contributed by atoms with E-state index in [4.69, 9.17) is 4.74 Å². The van der Waals surface area contributed by atoms with Gasteiger partial charge in [-0.05, 0) is 54.2 Å². The van der Waals surface area contributed by atoms with Crippen LogP contribution in [0.25, 0.3) is 0 Å². The highest BCUT2D eigenvalue weighted by atomic mass is 19.4. The first kappa shape index (κ1) is 30.2. The number of carbonyl (C=O) groups excluding carboxylic acids is 3. The molecule has 0 aromatic heterocycles. The smallest absolute Gasteiger partial charge is 0.416 e. The van der Waals surface area contributed by atoms with Crippen molar-refractivity contribution in [1.29, 1.82) is 0 Å². The third-order valence-corrected chi connectivity index (χ3v) is 7.73. The van der Waals surface area contributed by atoms with Crippen molar-refractivity contribution in [2.45, 2.75) is 50.6 Å². The third-order valence-electron chi connectivity index (χ3n) is 7.73. The molecule has 4 rings (SSSR count). The number of nitrogens with zero attached hydrogens (tertiary/aromatic N) is 2. The molecule has 2 heterocycles. The van der Waals surface area contributed by atoms with Gasteiger partial charge in [0.05, 0.1) is 30.3 Å². The first-order valence-electron chi connectivity index (χ1n) is 12.9. The Kier molecular flexibility index (Phi) is 8.28. The van der Waals surface area contributed by atoms with Crippen molar-refractivity contribution < 1.29 is 45.5 Å². The van der Waals surface area contributed by atoms with Crippen molar-refractivity contribution in [2.24, 2.45) is 5.92 Å². The molecule has 4 atom stereocenters. The van der Waals surface area contributed by atoms with Crippen LogP contribution in [0.4, 0.5) is 31.1 Å². The number of ether oxygens (including phenoxy) is 1. The maximum absolute atomic E-state index is 13.5. The summed E-state index contributed by atoms with van der Waals surface area (Å²) in [5.74, 6) is -2.96. The van der Waals surface area contributed by atoms with Gasteiger partial charge >= 0.3 is 24.4 Å². The van der Waals surface area contributed by atoms with Crippen LogP contribution < -0.4 is 5.32 Å². The summed E-state index contributed by atoms with van der Waals surface area (Å²) in [4.78, 5) is 41.8. The average molecular weight is 586 g/mol. The summed E-state index contributed by atoms with van der Waals surface area (Å²) in [5.41, 5.74) is -1.50. The van der Waals surface area contributed by atoms with Crippen molar-refractivity contribution in [3.63, 3.8) is 0 Å². The fourth-order valence-corrected chi connectivity index (χ4v) is 5.56. The predicted molar refractivity (Wildman–Crippen MR) is 135 cm³/mol. The molecule has 13 heteroatoms. The number of nitrogens with one attached hydrogen (secondary N) is 1. The zero-order valence-corrected chi connectivity index (χ0v) is 22.5. The summed E-state index contributed by atoms with van der Waals surface area (Å²) in [6.07, 6.45) is -9.85. The number of fused-ring (bicyclic) bond motifs is 1. The highest BCUT2D eigenvalue weighted by Crippen LogP contribution is 2.41. The molecule has 3 unspecified atom stereocenters. The molecule has 0 radical (unpaired) electrons. The van der Waals surface area contributed by atoms with E-state index < -0.39 is 59.4 Å². The van der Waals surface area contributed by atoms with Crippen molar-refractivity contribution in [3.8, 4) is 0 Å². The summed E-state index contributed by atoms with van der Waals surface area (Å²) in [6, 6.07) is 6.82. The Hall–Kier alpha value is -3.77. The normalized spacial score (nSPS) is 21.9. The average Bonchev–Trinajstić information content (AvgIpc) is 3.26. The van der Waals surface area contributed by atoms with E-state index in [9.17, 15) is 40.7 Å². The molecule has 2 aromatic carbocycles. The molecular formula is C28H29F6N3O4. The number of aryl methyl sites for hydroxylation is 1. The van der Waals surface area contributed by atoms with Gasteiger partial charge in [-0.15, -0.1) is 0 Å². The maximum Gasteiger partial charge on any atom is 0.416 e. The van der Waals surface area contributed by atoms with Crippen LogP contribution in [0.5, 0.6) is 0 Å². The second-order valence-electron chi connectivity index (χ2n) is 10.3. The highest BCUT2D eigenvalue weighted by Gasteiger charge is 2.52. The van der Waals surface area contributed by atoms with Crippen LogP contribution in [0.1, 0.15) is 53.1 Å². The topological polar surface area (TPSA) is 79.0 Å². The minimum Gasteiger partial charge on any atom is -0.468 e. The molecule has 2 aliphatic rings. The SMILES string of the molecule is COC(=O)C1CC2C(c3ccccc3C)N(C(=O)NC[C@H](C)c3cc(C(F)(F)F)cc(C(F)(F)F)c3)CCN2C1=O. The minimum atomic E-state index is -4.99. The molecule has 41 heavy (non-hydrogen) atoms. The summed E-state index contributed by atoms with van der Waals surface area (Å²) in [7, 11) is 1.19. The first-order chi connectivity index (χ1) is 19.1. The number of amides is 3. The van der Waals surface area contributed by atoms with Gasteiger partial charge in [-0.3, -0.25) is 9.59 Å². The Morgan fingerprint density at radius 3 is 2.20 bits per heavy atom. The lowest BCUT2D eigenvalue weighted by atomic mass is 9.89. The second-order valence-corrected chi connectivity index (χ2v) is 10.3. The number of halogens is 6. The number of piperazine rings is 1. The number of urea groups is 1. The zero-order valence-electron chi connectivity index (χ0n) is 22.5. The number of benzene rings is 2. The van der Waals surface area contributed by atoms with E-state index in [1.807, 2.05) is 25.1 Å². The Labute approximate surface area is 232 Å². The minimum absolute atomic E-state index is 0.0611. The van der Waals surface area contributed by atoms with Crippen LogP contribution in [-0.2, 0) is 26.7 Å². The van der Waals surface area contributed by atoms with E-state index in [2.05, 4.69) is 5.32 Å². The van der Waals surface area contributed by atoms with Gasteiger partial charge < -0.3 is 19.9 Å². The van der Waals surface area contributed by atoms with E-state index in [0.29, 0.717) is 12.1 Å². The van der Waals surface area contributed by atoms with Crippen LogP contribution in [0, 0.1) is 12.8 Å². The Balaban J connectivity index is 1.59. The number of rotatable bonds is 5. The van der Waals surface area contributed by atoms with Crippen LogP contribution in [0.3, 0.4) is 0 Å². The molecular weight excluding hydrogens is 556 g/mol. The van der Waals surface area contributed by atoms with Crippen LogP contribution >= 0.6 is 0 Å². The summed E-state index contributed by atoms with van der Waals surface area (Å²) < 4.78 is 84.8. The molecule has 2 aliphatic heterocycles. The van der Waals surface area contributed by atoms with Gasteiger partial charge in [-0.2, -0.15) is 26.3 Å². The molecule has 0 aliphatic carbocycles. The summed E-state index contributed by atoms with van der Waals surface area (Å²) >= 11 is 0. The Bertz CT molecular complexity index is 1300. The summed E-state index contributed by atoms with van der Waals surface area (Å²) in [6.45, 7) is 3.25. The zero-order chi connectivity index (χ0) is 30.3. The standard InChI is InChI=1S/C28H29F6N3O4/c1-15-6-4-5-7-20(15)23-22-13-21(25(39)41-3)24(38)36(22)8-9-37(23)26(40)35-14-16(2)17-10-18(27(29,30)31)12-19(11-17)28(32,33)34/h4-7,10-12,16,21-23H,8-9,13-14H2,1-3H3,(H,35,40)/t16-,21?,22?,23?/m0/s1. The van der Waals surface area contributed by atoms with Gasteiger partial charge in [-0.1, -0.05) is 31.2 Å². The molecule has 3 amide bonds. The molecule has 2 aromatic rings. The fraction of sp³-hybridized carbons (Fsp3) is 0.464. The van der Waals surface area contributed by atoms with E-state index in [1.165, 1.54) is 18.9 Å². The number of alkyl halides is 6. The van der Waals surface area contributed by atoms with Crippen LogP contribution in [0.2, 0.25) is 0 Å². The van der Waals surface area contributed by atoms with Gasteiger partial charge in [-0.25, -0.2) is 4.79 Å². The largest absolute Gasteiger partial charge is 0.468 e. The lowest BCUT2D eigenvalue weighted by molar-refractivity contribution is -0.151. The number of hydrogen-bond acceptors (Lipinski definition) is 4. The molecule has 1 N–H and O–H groups in total. The van der Waals surface area contributed by atoms with Gasteiger partial charge in [0.25, 0.3) is 0 Å². The van der Waals surface area contributed by atoms with Crippen molar-refractivity contribution in [3.05, 3.63) is 70.3 Å². The van der Waals surface area contributed by atoms with Crippen LogP contribution in [0.15, 0.2) is 42.5 Å². The van der Waals surface area contributed by atoms with Crippen molar-refractivity contribution in [1.82, 2.24) is 15.1 Å². The molecule has 0 bridgehead atoms. The quantitative estimate of drug-likeness (QED) is 0.294. The van der Waals surface area contributed by atoms with Crippen LogP contribution in [-0.4, -0.2) is 60.5 Å². The van der Waals surface area contributed by atoms with Gasteiger partial charge in [0.1, 0.15) is 5.92 Å². The molecule has 0 saturated carbocycles. The third kappa shape index (κ3) is 6.13. The summed E-state index contributed by atoms with van der Waals surface area (Å²) in [5, 5.41) is 2.65. The number of methoxy groups -OCH3 is 1. The Morgan fingerprint density at radius 1 is 1.02 bits per heavy atom. The molecule has 2 fully saturated rings. The van der Waals surface area contributed by atoms with Crippen molar-refractivity contribution >= 4 is 17.9 Å². The van der Waals surface area contributed by atoms with Gasteiger partial charge in [0.15, 0.2) is 0 Å². The lowest BCUT2D eigenvalue weighted by Crippen LogP contribution is -2.57. The molecule has 7 nitrogen and oxygen atoms in total. The number of esters is 1. The highest BCUT2D eigenvalue weighted by molar-refractivity contribution is 5.99. The van der Waals surface area contributed by atoms with E-state index in [-0.39, 0.29) is 43.6 Å². The predicted octanol–water partition coefficient (Wildman–Crippen LogP) is 5.29. The maximum atomic E-state index is 13.5. The molecule has 0 spiro atoms. The first-order valence-corrected chi connectivity index (χ1v) is 12.9. The van der Waals surface area contributed by atoms with E-state index in [1.54, 1.807) is 11.0 Å². The lowest BCUT2D eigenvalue weighted by Gasteiger charge is -2.45. The van der Waals surface area contributed by atoms with Gasteiger partial charge in [0.2, 0.25) is 5.91 Å². The van der Waals surface area contributed by atoms with E-state index >= 15 is 0 Å². The number of hydrogen-bond donors (Lipinski definition) is 1. The van der Waals surface area contributed by atoms with Gasteiger partial charge in [0, 0.05) is 19.6 Å². The monoisotopic (exact) mass is 585 g/mol. The fourth-order valence-electron chi connectivity index (χ4n) is 5.56. The Morgan fingerprint density at radius 2 is 1.63 bits per heavy atom. The molecule has 2 saturated heterocycles. The van der Waals surface area contributed by atoms with E-state index in [0.717, 1.165) is 11.1 Å².